The summed E-state index contributed by atoms with van der Waals surface area (Å²) in [6.07, 6.45) is 3.19. The van der Waals surface area contributed by atoms with Crippen LogP contribution in [-0.4, -0.2) is 4.98 Å². The van der Waals surface area contributed by atoms with Gasteiger partial charge in [0.2, 0.25) is 0 Å². The van der Waals surface area contributed by atoms with Crippen LogP contribution in [0.2, 0.25) is 0 Å². The number of nitriles is 1. The van der Waals surface area contributed by atoms with Crippen LogP contribution in [0.1, 0.15) is 31.0 Å². The van der Waals surface area contributed by atoms with Gasteiger partial charge in [-0.2, -0.15) is 5.26 Å². The Kier molecular flexibility index (Phi) is 3.27. The fourth-order valence-corrected chi connectivity index (χ4v) is 1.11. The van der Waals surface area contributed by atoms with Crippen LogP contribution in [-0.2, 0) is 6.42 Å². The number of hydrogen-bond acceptors (Lipinski definition) is 3. The van der Waals surface area contributed by atoms with Crippen molar-refractivity contribution in [2.75, 3.05) is 5.73 Å². The molecule has 0 radical (unpaired) electrons. The maximum atomic E-state index is 8.62. The minimum atomic E-state index is 0.344. The highest BCUT2D eigenvalue weighted by Crippen LogP contribution is 2.10. The molecule has 0 amide bonds. The monoisotopic (exact) mass is 175 g/mol. The standard InChI is InChI=1S/C10H13N3/c1-2-3-4-9-6-5-8(7-11)10(12)13-9/h5-6H,2-4H2,1H3,(H2,12,13). The molecule has 0 unspecified atom stereocenters. The fourth-order valence-electron chi connectivity index (χ4n) is 1.11. The van der Waals surface area contributed by atoms with E-state index in [-0.39, 0.29) is 0 Å². The average Bonchev–Trinajstić information content (AvgIpc) is 2.15. The van der Waals surface area contributed by atoms with Crippen molar-refractivity contribution in [1.29, 1.82) is 5.26 Å². The number of aryl methyl sites for hydroxylation is 1. The zero-order valence-corrected chi connectivity index (χ0v) is 7.75. The van der Waals surface area contributed by atoms with Crippen LogP contribution in [0.3, 0.4) is 0 Å². The third-order valence-electron chi connectivity index (χ3n) is 1.89. The van der Waals surface area contributed by atoms with Crippen LogP contribution >= 0.6 is 0 Å². The molecule has 0 saturated heterocycles. The number of rotatable bonds is 3. The van der Waals surface area contributed by atoms with Crippen molar-refractivity contribution in [2.24, 2.45) is 0 Å². The first-order valence-corrected chi connectivity index (χ1v) is 4.43. The maximum Gasteiger partial charge on any atom is 0.141 e. The highest BCUT2D eigenvalue weighted by Gasteiger charge is 2.00. The van der Waals surface area contributed by atoms with Gasteiger partial charge in [-0.3, -0.25) is 0 Å². The Labute approximate surface area is 78.2 Å². The summed E-state index contributed by atoms with van der Waals surface area (Å²) in [7, 11) is 0. The van der Waals surface area contributed by atoms with Gasteiger partial charge in [0.25, 0.3) is 0 Å². The number of anilines is 1. The van der Waals surface area contributed by atoms with Gasteiger partial charge in [0, 0.05) is 5.69 Å². The summed E-state index contributed by atoms with van der Waals surface area (Å²) in [6, 6.07) is 5.59. The van der Waals surface area contributed by atoms with Crippen LogP contribution < -0.4 is 5.73 Å². The molecule has 0 atom stereocenters. The molecule has 1 heterocycles. The van der Waals surface area contributed by atoms with Gasteiger partial charge in [-0.1, -0.05) is 13.3 Å². The van der Waals surface area contributed by atoms with Crippen molar-refractivity contribution in [3.8, 4) is 6.07 Å². The Hall–Kier alpha value is -1.56. The van der Waals surface area contributed by atoms with Crippen molar-refractivity contribution >= 4 is 5.82 Å². The van der Waals surface area contributed by atoms with E-state index in [0.29, 0.717) is 11.4 Å². The highest BCUT2D eigenvalue weighted by atomic mass is 14.8. The quantitative estimate of drug-likeness (QED) is 0.762. The molecule has 0 aliphatic heterocycles. The SMILES string of the molecule is CCCCc1ccc(C#N)c(N)n1. The topological polar surface area (TPSA) is 62.7 Å². The van der Waals surface area contributed by atoms with Gasteiger partial charge in [0.15, 0.2) is 0 Å². The molecule has 0 aliphatic rings. The van der Waals surface area contributed by atoms with E-state index >= 15 is 0 Å². The molecule has 0 saturated carbocycles. The number of nitrogen functional groups attached to an aromatic ring is 1. The van der Waals surface area contributed by atoms with Gasteiger partial charge < -0.3 is 5.73 Å². The number of aromatic nitrogens is 1. The molecule has 1 aromatic rings. The van der Waals surface area contributed by atoms with Crippen LogP contribution in [0.25, 0.3) is 0 Å². The predicted molar refractivity (Wildman–Crippen MR) is 52.0 cm³/mol. The Morgan fingerprint density at radius 2 is 2.31 bits per heavy atom. The molecule has 3 heteroatoms. The molecule has 1 aromatic heterocycles. The summed E-state index contributed by atoms with van der Waals surface area (Å²) < 4.78 is 0. The van der Waals surface area contributed by atoms with Gasteiger partial charge in [-0.15, -0.1) is 0 Å². The van der Waals surface area contributed by atoms with Gasteiger partial charge in [0.05, 0.1) is 5.56 Å². The molecule has 1 rings (SSSR count). The Morgan fingerprint density at radius 1 is 1.54 bits per heavy atom. The number of unbranched alkanes of at least 4 members (excludes halogenated alkanes) is 1. The Balaban J connectivity index is 2.79. The normalized spacial score (nSPS) is 9.54. The van der Waals surface area contributed by atoms with E-state index in [1.54, 1.807) is 6.07 Å². The predicted octanol–water partition coefficient (Wildman–Crippen LogP) is 1.88. The molecule has 68 valence electrons. The number of pyridine rings is 1. The highest BCUT2D eigenvalue weighted by molar-refractivity contribution is 5.48. The second-order valence-corrected chi connectivity index (χ2v) is 2.95. The second-order valence-electron chi connectivity index (χ2n) is 2.95. The van der Waals surface area contributed by atoms with E-state index in [1.165, 1.54) is 0 Å². The minimum Gasteiger partial charge on any atom is -0.383 e. The Morgan fingerprint density at radius 3 is 2.85 bits per heavy atom. The lowest BCUT2D eigenvalue weighted by atomic mass is 10.1. The minimum absolute atomic E-state index is 0.344. The summed E-state index contributed by atoms with van der Waals surface area (Å²) >= 11 is 0. The lowest BCUT2D eigenvalue weighted by Gasteiger charge is -2.01. The first-order valence-electron chi connectivity index (χ1n) is 4.43. The molecule has 13 heavy (non-hydrogen) atoms. The molecule has 3 nitrogen and oxygen atoms in total. The van der Waals surface area contributed by atoms with Gasteiger partial charge in [0.1, 0.15) is 11.9 Å². The van der Waals surface area contributed by atoms with Crippen LogP contribution in [0, 0.1) is 11.3 Å². The summed E-state index contributed by atoms with van der Waals surface area (Å²) in [5.74, 6) is 0.344. The molecule has 0 aromatic carbocycles. The largest absolute Gasteiger partial charge is 0.383 e. The van der Waals surface area contributed by atoms with E-state index in [9.17, 15) is 0 Å². The molecular weight excluding hydrogens is 162 g/mol. The zero-order chi connectivity index (χ0) is 9.68. The number of nitrogens with two attached hydrogens (primary N) is 1. The lowest BCUT2D eigenvalue weighted by Crippen LogP contribution is -1.98. The average molecular weight is 175 g/mol. The van der Waals surface area contributed by atoms with E-state index in [1.807, 2.05) is 12.1 Å². The zero-order valence-electron chi connectivity index (χ0n) is 7.75. The number of hydrogen-bond donors (Lipinski definition) is 1. The molecular formula is C10H13N3. The third-order valence-corrected chi connectivity index (χ3v) is 1.89. The van der Waals surface area contributed by atoms with Crippen molar-refractivity contribution < 1.29 is 0 Å². The van der Waals surface area contributed by atoms with Crippen LogP contribution in [0.4, 0.5) is 5.82 Å². The molecule has 0 spiro atoms. The van der Waals surface area contributed by atoms with E-state index in [0.717, 1.165) is 25.0 Å². The van der Waals surface area contributed by atoms with E-state index < -0.39 is 0 Å². The smallest absolute Gasteiger partial charge is 0.141 e. The van der Waals surface area contributed by atoms with Gasteiger partial charge in [-0.05, 0) is 25.0 Å². The first kappa shape index (κ1) is 9.53. The van der Waals surface area contributed by atoms with E-state index in [2.05, 4.69) is 11.9 Å². The third kappa shape index (κ3) is 2.45. The number of nitrogens with zero attached hydrogens (tertiary/aromatic N) is 2. The van der Waals surface area contributed by atoms with E-state index in [4.69, 9.17) is 11.0 Å². The van der Waals surface area contributed by atoms with Crippen molar-refractivity contribution in [2.45, 2.75) is 26.2 Å². The Bertz CT molecular complexity index is 325. The molecule has 0 aliphatic carbocycles. The van der Waals surface area contributed by atoms with Crippen molar-refractivity contribution in [3.05, 3.63) is 23.4 Å². The molecule has 2 N–H and O–H groups in total. The second kappa shape index (κ2) is 4.46. The summed E-state index contributed by atoms with van der Waals surface area (Å²) in [5.41, 5.74) is 7.00. The summed E-state index contributed by atoms with van der Waals surface area (Å²) in [6.45, 7) is 2.13. The molecule has 0 fully saturated rings. The van der Waals surface area contributed by atoms with Crippen LogP contribution in [0.15, 0.2) is 12.1 Å². The van der Waals surface area contributed by atoms with Gasteiger partial charge >= 0.3 is 0 Å². The lowest BCUT2D eigenvalue weighted by molar-refractivity contribution is 0.777. The summed E-state index contributed by atoms with van der Waals surface area (Å²) in [5, 5.41) is 8.62. The fraction of sp³-hybridized carbons (Fsp3) is 0.400. The van der Waals surface area contributed by atoms with Crippen molar-refractivity contribution in [1.82, 2.24) is 4.98 Å². The first-order chi connectivity index (χ1) is 6.27. The molecule has 0 bridgehead atoms. The van der Waals surface area contributed by atoms with Crippen molar-refractivity contribution in [3.63, 3.8) is 0 Å². The van der Waals surface area contributed by atoms with Crippen LogP contribution in [0.5, 0.6) is 0 Å². The maximum absolute atomic E-state index is 8.62. The summed E-state index contributed by atoms with van der Waals surface area (Å²) in [4.78, 5) is 4.14. The van der Waals surface area contributed by atoms with Gasteiger partial charge in [-0.25, -0.2) is 4.98 Å².